The van der Waals surface area contributed by atoms with Crippen LogP contribution in [0.1, 0.15) is 26.2 Å². The molecule has 12 heteroatoms. The van der Waals surface area contributed by atoms with Gasteiger partial charge in [0.25, 0.3) is 0 Å². The molecule has 1 aromatic carbocycles. The minimum Gasteiger partial charge on any atom is -0.251 e. The van der Waals surface area contributed by atoms with E-state index in [0.29, 0.717) is 0 Å². The van der Waals surface area contributed by atoms with Gasteiger partial charge in [0, 0.05) is 7.92 Å². The van der Waals surface area contributed by atoms with Crippen LogP contribution in [0.4, 0.5) is 48.3 Å². The molecule has 0 nitrogen and oxygen atoms in total. The molecule has 0 saturated heterocycles. The topological polar surface area (TPSA) is 0 Å². The highest BCUT2D eigenvalue weighted by atomic mass is 31.1. The van der Waals surface area contributed by atoms with Crippen LogP contribution in [0, 0.1) is 29.1 Å². The number of benzene rings is 1. The van der Waals surface area contributed by atoms with Crippen LogP contribution in [0.2, 0.25) is 0 Å². The van der Waals surface area contributed by atoms with Crippen molar-refractivity contribution in [2.24, 2.45) is 0 Å². The Labute approximate surface area is 167 Å². The van der Waals surface area contributed by atoms with Crippen molar-refractivity contribution < 1.29 is 48.3 Å². The van der Waals surface area contributed by atoms with Gasteiger partial charge in [0.05, 0.1) is 19.0 Å². The van der Waals surface area contributed by atoms with Gasteiger partial charge in [0.1, 0.15) is 6.17 Å². The zero-order valence-corrected chi connectivity index (χ0v) is 16.8. The molecule has 0 aliphatic heterocycles. The first-order valence-electron chi connectivity index (χ1n) is 9.12. The van der Waals surface area contributed by atoms with E-state index in [9.17, 15) is 48.3 Å². The minimum atomic E-state index is -3.30. The standard InChI is InChI=1S/C18H20F11P/c1-2-6-30(18-16(28)14(26)13(25)15(27)17(18)29)7-9(21)11(23)12(24)10(22)8(20)4-3-5-19/h8-12H,2-7H2,1H3/p+1. The number of hydrogen-bond donors (Lipinski definition) is 0. The minimum absolute atomic E-state index is 0.0953. The Bertz CT molecular complexity index is 658. The van der Waals surface area contributed by atoms with Crippen LogP contribution in [0.15, 0.2) is 0 Å². The second-order valence-electron chi connectivity index (χ2n) is 6.70. The fourth-order valence-electron chi connectivity index (χ4n) is 2.90. The Morgan fingerprint density at radius 2 is 1.17 bits per heavy atom. The van der Waals surface area contributed by atoms with Crippen LogP contribution < -0.4 is 5.30 Å². The third kappa shape index (κ3) is 6.20. The summed E-state index contributed by atoms with van der Waals surface area (Å²) in [5.74, 6) is -11.3. The first kappa shape index (κ1) is 26.9. The lowest BCUT2D eigenvalue weighted by Crippen LogP contribution is -2.41. The van der Waals surface area contributed by atoms with Gasteiger partial charge >= 0.3 is 0 Å². The van der Waals surface area contributed by atoms with Gasteiger partial charge in [-0.2, -0.15) is 8.78 Å². The average molecular weight is 477 g/mol. The first-order chi connectivity index (χ1) is 14.0. The van der Waals surface area contributed by atoms with E-state index in [4.69, 9.17) is 0 Å². The van der Waals surface area contributed by atoms with Crippen molar-refractivity contribution >= 4 is 13.2 Å². The summed E-state index contributed by atoms with van der Waals surface area (Å²) in [6, 6.07) is 0. The van der Waals surface area contributed by atoms with Crippen molar-refractivity contribution in [2.75, 3.05) is 19.0 Å². The summed E-state index contributed by atoms with van der Waals surface area (Å²) < 4.78 is 149. The largest absolute Gasteiger partial charge is 0.251 e. The molecule has 0 aromatic heterocycles. The molecule has 0 fully saturated rings. The highest BCUT2D eigenvalue weighted by molar-refractivity contribution is 7.65. The molecule has 0 saturated carbocycles. The van der Waals surface area contributed by atoms with Crippen LogP contribution >= 0.6 is 7.92 Å². The Kier molecular flexibility index (Phi) is 10.8. The van der Waals surface area contributed by atoms with E-state index in [1.54, 1.807) is 0 Å². The van der Waals surface area contributed by atoms with Crippen LogP contribution in [0.25, 0.3) is 0 Å². The lowest BCUT2D eigenvalue weighted by atomic mass is 10.0. The molecule has 1 rings (SSSR count). The number of alkyl halides is 6. The van der Waals surface area contributed by atoms with E-state index in [1.807, 2.05) is 0 Å². The third-order valence-corrected chi connectivity index (χ3v) is 7.60. The maximum Gasteiger partial charge on any atom is 0.206 e. The zero-order valence-electron chi connectivity index (χ0n) is 15.8. The van der Waals surface area contributed by atoms with Gasteiger partial charge in [-0.1, -0.05) is 6.92 Å². The summed E-state index contributed by atoms with van der Waals surface area (Å²) >= 11 is 0. The van der Waals surface area contributed by atoms with Gasteiger partial charge in [0.15, 0.2) is 30.0 Å². The average Bonchev–Trinajstić information content (AvgIpc) is 2.73. The molecule has 174 valence electrons. The molecule has 30 heavy (non-hydrogen) atoms. The molecule has 0 aliphatic rings. The van der Waals surface area contributed by atoms with Gasteiger partial charge in [-0.05, 0) is 19.3 Å². The summed E-state index contributed by atoms with van der Waals surface area (Å²) in [6.45, 7) is 0.421. The Morgan fingerprint density at radius 3 is 1.63 bits per heavy atom. The van der Waals surface area contributed by atoms with Gasteiger partial charge in [0.2, 0.25) is 29.1 Å². The smallest absolute Gasteiger partial charge is 0.206 e. The predicted octanol–water partition coefficient (Wildman–Crippen LogP) is 6.07. The summed E-state index contributed by atoms with van der Waals surface area (Å²) in [5, 5.41) is -1.29. The third-order valence-electron chi connectivity index (χ3n) is 4.47. The summed E-state index contributed by atoms with van der Waals surface area (Å²) in [5.41, 5.74) is 0. The maximum atomic E-state index is 14.3. The van der Waals surface area contributed by atoms with E-state index in [0.717, 1.165) is 0 Å². The Balaban J connectivity index is 3.07. The second kappa shape index (κ2) is 12.1. The van der Waals surface area contributed by atoms with Crippen molar-refractivity contribution in [2.45, 2.75) is 57.0 Å². The van der Waals surface area contributed by atoms with Crippen LogP contribution in [-0.4, -0.2) is 49.9 Å². The fraction of sp³-hybridized carbons (Fsp3) is 0.667. The SMILES string of the molecule is CCC[PH+](CC(F)C(F)C(F)C(F)C(F)CCCF)c1c(F)c(F)c(F)c(F)c1F. The van der Waals surface area contributed by atoms with Crippen LogP contribution in [0.3, 0.4) is 0 Å². The zero-order chi connectivity index (χ0) is 23.2. The molecule has 0 radical (unpaired) electrons. The van der Waals surface area contributed by atoms with Crippen molar-refractivity contribution in [3.05, 3.63) is 29.1 Å². The van der Waals surface area contributed by atoms with E-state index < -0.39 is 98.8 Å². The summed E-state index contributed by atoms with van der Waals surface area (Å²) in [6.07, 6.45) is -17.7. The monoisotopic (exact) mass is 477 g/mol. The normalized spacial score (nSPS) is 18.0. The molecule has 0 spiro atoms. The van der Waals surface area contributed by atoms with Crippen molar-refractivity contribution in [3.63, 3.8) is 0 Å². The fourth-order valence-corrected chi connectivity index (χ4v) is 5.70. The molecule has 6 atom stereocenters. The summed E-state index contributed by atoms with van der Waals surface area (Å²) in [4.78, 5) is 0. The van der Waals surface area contributed by atoms with Gasteiger partial charge in [-0.3, -0.25) is 4.39 Å². The van der Waals surface area contributed by atoms with E-state index >= 15 is 0 Å². The van der Waals surface area contributed by atoms with Crippen molar-refractivity contribution in [3.8, 4) is 0 Å². The molecule has 0 heterocycles. The predicted molar refractivity (Wildman–Crippen MR) is 93.9 cm³/mol. The van der Waals surface area contributed by atoms with Gasteiger partial charge < -0.3 is 0 Å². The van der Waals surface area contributed by atoms with Crippen molar-refractivity contribution in [1.82, 2.24) is 0 Å². The molecule has 0 bridgehead atoms. The van der Waals surface area contributed by atoms with E-state index in [1.165, 1.54) is 6.92 Å². The van der Waals surface area contributed by atoms with Crippen molar-refractivity contribution in [1.29, 1.82) is 0 Å². The molecule has 0 aliphatic carbocycles. The van der Waals surface area contributed by atoms with Crippen LogP contribution in [0.5, 0.6) is 0 Å². The molecule has 0 amide bonds. The number of rotatable bonds is 12. The van der Waals surface area contributed by atoms with Crippen LogP contribution in [-0.2, 0) is 0 Å². The Morgan fingerprint density at radius 1 is 0.700 bits per heavy atom. The summed E-state index contributed by atoms with van der Waals surface area (Å²) in [7, 11) is -2.97. The molecular formula is C18H21F11P+. The number of halogens is 11. The molecular weight excluding hydrogens is 456 g/mol. The van der Waals surface area contributed by atoms with E-state index in [2.05, 4.69) is 0 Å². The number of hydrogen-bond acceptors (Lipinski definition) is 0. The second-order valence-corrected chi connectivity index (χ2v) is 9.31. The molecule has 0 N–H and O–H groups in total. The van der Waals surface area contributed by atoms with Gasteiger partial charge in [-0.25, -0.2) is 35.1 Å². The quantitative estimate of drug-likeness (QED) is 0.148. The molecule has 1 aromatic rings. The van der Waals surface area contributed by atoms with Gasteiger partial charge in [-0.15, -0.1) is 0 Å². The lowest BCUT2D eigenvalue weighted by Gasteiger charge is -2.23. The Hall–Kier alpha value is -1.12. The highest BCUT2D eigenvalue weighted by Crippen LogP contribution is 2.41. The first-order valence-corrected chi connectivity index (χ1v) is 11.0. The lowest BCUT2D eigenvalue weighted by molar-refractivity contribution is 0.00363. The molecule has 6 unspecified atom stereocenters. The maximum absolute atomic E-state index is 14.3. The highest BCUT2D eigenvalue weighted by Gasteiger charge is 2.44. The van der Waals surface area contributed by atoms with E-state index in [-0.39, 0.29) is 12.6 Å².